The molecular weight excluding hydrogens is 241 g/mol. The van der Waals surface area contributed by atoms with Gasteiger partial charge in [0.05, 0.1) is 0 Å². The predicted octanol–water partition coefficient (Wildman–Crippen LogP) is 4.19. The number of hydrogen-bond acceptors (Lipinski definition) is 0. The lowest BCUT2D eigenvalue weighted by atomic mass is 9.87. The van der Waals surface area contributed by atoms with Gasteiger partial charge in [-0.1, -0.05) is 6.58 Å². The molecular formula is C9H9F7. The largest absolute Gasteiger partial charge is 0.404 e. The van der Waals surface area contributed by atoms with E-state index in [1.54, 1.807) is 0 Å². The van der Waals surface area contributed by atoms with Crippen molar-refractivity contribution in [2.24, 2.45) is 5.92 Å². The smallest absolute Gasteiger partial charge is 0.239 e. The third-order valence-electron chi connectivity index (χ3n) is 1.77. The number of allylic oxidation sites excluding steroid dienone is 1. The molecule has 94 valence electrons. The highest BCUT2D eigenvalue weighted by Gasteiger charge is 2.61. The zero-order valence-corrected chi connectivity index (χ0v) is 8.43. The molecule has 0 saturated carbocycles. The van der Waals surface area contributed by atoms with Gasteiger partial charge in [-0.15, -0.1) is 5.73 Å². The van der Waals surface area contributed by atoms with Crippen LogP contribution in [0, 0.1) is 5.92 Å². The first-order valence-corrected chi connectivity index (χ1v) is 4.04. The van der Waals surface area contributed by atoms with Crippen LogP contribution in [-0.2, 0) is 0 Å². The molecule has 0 radical (unpaired) electrons. The molecule has 0 unspecified atom stereocenters. The molecule has 16 heavy (non-hydrogen) atoms. The Kier molecular flexibility index (Phi) is 3.88. The molecule has 0 bridgehead atoms. The average Bonchev–Trinajstić information content (AvgIpc) is 1.91. The Morgan fingerprint density at radius 2 is 1.25 bits per heavy atom. The summed E-state index contributed by atoms with van der Waals surface area (Å²) in [5, 5.41) is 0. The Balaban J connectivity index is 5.65. The summed E-state index contributed by atoms with van der Waals surface area (Å²) in [6.07, 6.45) is -11.2. The van der Waals surface area contributed by atoms with E-state index in [1.165, 1.54) is 5.73 Å². The standard InChI is InChI=1S/C9H9F7/c1-4-5(7(2,3)10)6(8(11,12)13)9(14,15)16/h6H,1H2,2-3H3. The van der Waals surface area contributed by atoms with Crippen LogP contribution in [0.5, 0.6) is 0 Å². The molecule has 0 aliphatic heterocycles. The van der Waals surface area contributed by atoms with Crippen molar-refractivity contribution in [3.05, 3.63) is 17.9 Å². The third kappa shape index (κ3) is 3.56. The number of alkyl halides is 7. The van der Waals surface area contributed by atoms with Gasteiger partial charge in [0.25, 0.3) is 0 Å². The summed E-state index contributed by atoms with van der Waals surface area (Å²) in [4.78, 5) is 0. The van der Waals surface area contributed by atoms with Gasteiger partial charge in [0.1, 0.15) is 5.67 Å². The highest BCUT2D eigenvalue weighted by Crippen LogP contribution is 2.47. The Morgan fingerprint density at radius 3 is 1.31 bits per heavy atom. The van der Waals surface area contributed by atoms with Gasteiger partial charge in [0, 0.05) is 5.57 Å². The van der Waals surface area contributed by atoms with Crippen LogP contribution in [0.2, 0.25) is 0 Å². The molecule has 0 fully saturated rings. The van der Waals surface area contributed by atoms with Crippen molar-refractivity contribution in [1.82, 2.24) is 0 Å². The zero-order valence-electron chi connectivity index (χ0n) is 8.43. The van der Waals surface area contributed by atoms with E-state index in [-0.39, 0.29) is 0 Å². The van der Waals surface area contributed by atoms with Crippen molar-refractivity contribution in [2.75, 3.05) is 0 Å². The highest BCUT2D eigenvalue weighted by molar-refractivity contribution is 5.19. The van der Waals surface area contributed by atoms with Gasteiger partial charge in [-0.05, 0) is 13.8 Å². The molecule has 0 N–H and O–H groups in total. The normalized spacial score (nSPS) is 13.9. The fourth-order valence-electron chi connectivity index (χ4n) is 1.17. The van der Waals surface area contributed by atoms with Crippen molar-refractivity contribution in [2.45, 2.75) is 31.9 Å². The van der Waals surface area contributed by atoms with Gasteiger partial charge >= 0.3 is 12.4 Å². The summed E-state index contributed by atoms with van der Waals surface area (Å²) < 4.78 is 86.5. The topological polar surface area (TPSA) is 0 Å². The summed E-state index contributed by atoms with van der Waals surface area (Å²) in [6.45, 7) is 3.85. The summed E-state index contributed by atoms with van der Waals surface area (Å²) in [7, 11) is 0. The fraction of sp³-hybridized carbons (Fsp3) is 0.667. The monoisotopic (exact) mass is 250 g/mol. The lowest BCUT2D eigenvalue weighted by Crippen LogP contribution is -2.42. The van der Waals surface area contributed by atoms with E-state index in [0.29, 0.717) is 13.8 Å². The van der Waals surface area contributed by atoms with Crippen LogP contribution in [-0.4, -0.2) is 18.0 Å². The van der Waals surface area contributed by atoms with Gasteiger partial charge in [0.15, 0.2) is 5.92 Å². The zero-order chi connectivity index (χ0) is 13.4. The van der Waals surface area contributed by atoms with Gasteiger partial charge in [0.2, 0.25) is 0 Å². The van der Waals surface area contributed by atoms with Gasteiger partial charge in [-0.2, -0.15) is 26.3 Å². The van der Waals surface area contributed by atoms with Crippen LogP contribution < -0.4 is 0 Å². The van der Waals surface area contributed by atoms with E-state index in [0.717, 1.165) is 0 Å². The van der Waals surface area contributed by atoms with Crippen LogP contribution in [0.4, 0.5) is 30.7 Å². The molecule has 0 saturated heterocycles. The second kappa shape index (κ2) is 4.13. The maximum absolute atomic E-state index is 13.2. The predicted molar refractivity (Wildman–Crippen MR) is 43.4 cm³/mol. The molecule has 0 aromatic heterocycles. The summed E-state index contributed by atoms with van der Waals surface area (Å²) in [6, 6.07) is 0. The Morgan fingerprint density at radius 1 is 0.938 bits per heavy atom. The molecule has 0 rings (SSSR count). The summed E-state index contributed by atoms with van der Waals surface area (Å²) >= 11 is 0. The van der Waals surface area contributed by atoms with Crippen LogP contribution >= 0.6 is 0 Å². The molecule has 0 amide bonds. The second-order valence-corrected chi connectivity index (χ2v) is 3.58. The summed E-state index contributed by atoms with van der Waals surface area (Å²) in [5.74, 6) is -3.88. The third-order valence-corrected chi connectivity index (χ3v) is 1.77. The van der Waals surface area contributed by atoms with E-state index in [1.807, 2.05) is 0 Å². The van der Waals surface area contributed by atoms with Crippen LogP contribution in [0.3, 0.4) is 0 Å². The molecule has 7 heteroatoms. The highest BCUT2D eigenvalue weighted by atomic mass is 19.4. The van der Waals surface area contributed by atoms with Gasteiger partial charge < -0.3 is 0 Å². The van der Waals surface area contributed by atoms with Crippen molar-refractivity contribution in [1.29, 1.82) is 0 Å². The lowest BCUT2D eigenvalue weighted by Gasteiger charge is -2.29. The minimum Gasteiger partial charge on any atom is -0.239 e. The Hall–Kier alpha value is -0.970. The van der Waals surface area contributed by atoms with Crippen LogP contribution in [0.25, 0.3) is 0 Å². The van der Waals surface area contributed by atoms with Crippen molar-refractivity contribution in [3.8, 4) is 0 Å². The molecule has 0 heterocycles. The van der Waals surface area contributed by atoms with E-state index in [4.69, 9.17) is 0 Å². The van der Waals surface area contributed by atoms with Crippen molar-refractivity contribution in [3.63, 3.8) is 0 Å². The first kappa shape index (κ1) is 15.0. The lowest BCUT2D eigenvalue weighted by molar-refractivity contribution is -0.274. The SMILES string of the molecule is C=C=C(C(C(F)(F)F)C(F)(F)F)C(C)(C)F. The molecule has 0 aromatic carbocycles. The van der Waals surface area contributed by atoms with Crippen molar-refractivity contribution >= 4 is 0 Å². The minimum atomic E-state index is -5.62. The summed E-state index contributed by atoms with van der Waals surface area (Å²) in [5.41, 5.74) is -2.95. The minimum absolute atomic E-state index is 0.588. The van der Waals surface area contributed by atoms with E-state index >= 15 is 0 Å². The average molecular weight is 250 g/mol. The van der Waals surface area contributed by atoms with E-state index in [9.17, 15) is 30.7 Å². The quantitative estimate of drug-likeness (QED) is 0.509. The fourth-order valence-corrected chi connectivity index (χ4v) is 1.17. The second-order valence-electron chi connectivity index (χ2n) is 3.58. The molecule has 0 aliphatic rings. The Labute approximate surface area is 87.4 Å². The van der Waals surface area contributed by atoms with E-state index < -0.39 is 29.5 Å². The number of hydrogen-bond donors (Lipinski definition) is 0. The van der Waals surface area contributed by atoms with Crippen LogP contribution in [0.15, 0.2) is 17.9 Å². The number of rotatable bonds is 2. The maximum Gasteiger partial charge on any atom is 0.404 e. The van der Waals surface area contributed by atoms with E-state index in [2.05, 4.69) is 6.58 Å². The molecule has 0 atom stereocenters. The maximum atomic E-state index is 13.2. The molecule has 0 aliphatic carbocycles. The first-order valence-electron chi connectivity index (χ1n) is 4.04. The van der Waals surface area contributed by atoms with Gasteiger partial charge in [-0.25, -0.2) is 4.39 Å². The van der Waals surface area contributed by atoms with Crippen LogP contribution in [0.1, 0.15) is 13.8 Å². The number of halogens is 7. The molecule has 0 spiro atoms. The molecule has 0 aromatic rings. The Bertz CT molecular complexity index is 281. The van der Waals surface area contributed by atoms with Gasteiger partial charge in [-0.3, -0.25) is 0 Å². The first-order chi connectivity index (χ1) is 6.81. The van der Waals surface area contributed by atoms with Crippen molar-refractivity contribution < 1.29 is 30.7 Å². The molecule has 0 nitrogen and oxygen atoms in total.